The van der Waals surface area contributed by atoms with Crippen LogP contribution in [0.3, 0.4) is 0 Å². The molecule has 0 spiro atoms. The third-order valence-electron chi connectivity index (χ3n) is 4.49. The summed E-state index contributed by atoms with van der Waals surface area (Å²) in [7, 11) is 0. The van der Waals surface area contributed by atoms with E-state index in [1.807, 2.05) is 19.1 Å². The predicted molar refractivity (Wildman–Crippen MR) is 121 cm³/mol. The Bertz CT molecular complexity index is 590. The fraction of sp³-hybridized carbons (Fsp3) is 0.650. The standard InChI is InChI=1S/C20H31F3N4O.HI/c1-2-24-19(25-10-13-27-11-4-3-5-12-27)26-14-17-6-8-18(9-7-17)15-28-16-20(21,22)23;/h6-9H,2-5,10-16H2,1H3,(H2,24,25,26);1H. The molecule has 0 amide bonds. The number of rotatable bonds is 9. The number of hydrogen-bond acceptors (Lipinski definition) is 3. The second kappa shape index (κ2) is 14.0. The molecule has 9 heteroatoms. The molecule has 29 heavy (non-hydrogen) atoms. The zero-order valence-corrected chi connectivity index (χ0v) is 19.3. The van der Waals surface area contributed by atoms with Crippen LogP contribution in [0.1, 0.15) is 37.3 Å². The minimum absolute atomic E-state index is 0. The second-order valence-corrected chi connectivity index (χ2v) is 6.95. The third kappa shape index (κ3) is 11.6. The number of piperidine rings is 1. The van der Waals surface area contributed by atoms with Gasteiger partial charge in [0.15, 0.2) is 5.96 Å². The van der Waals surface area contributed by atoms with Gasteiger partial charge in [0.25, 0.3) is 0 Å². The smallest absolute Gasteiger partial charge is 0.367 e. The van der Waals surface area contributed by atoms with Gasteiger partial charge in [-0.2, -0.15) is 13.2 Å². The summed E-state index contributed by atoms with van der Waals surface area (Å²) < 4.78 is 41.0. The van der Waals surface area contributed by atoms with E-state index in [9.17, 15) is 13.2 Å². The van der Waals surface area contributed by atoms with Crippen molar-refractivity contribution in [3.8, 4) is 0 Å². The van der Waals surface area contributed by atoms with E-state index in [0.29, 0.717) is 12.1 Å². The molecule has 0 atom stereocenters. The number of aliphatic imine (C=N–C) groups is 1. The highest BCUT2D eigenvalue weighted by Gasteiger charge is 2.27. The fourth-order valence-corrected chi connectivity index (χ4v) is 3.05. The molecule has 1 aliphatic rings. The van der Waals surface area contributed by atoms with E-state index in [-0.39, 0.29) is 30.6 Å². The van der Waals surface area contributed by atoms with Crippen LogP contribution in [0, 0.1) is 0 Å². The minimum Gasteiger partial charge on any atom is -0.367 e. The van der Waals surface area contributed by atoms with Gasteiger partial charge >= 0.3 is 6.18 Å². The van der Waals surface area contributed by atoms with Gasteiger partial charge < -0.3 is 20.3 Å². The van der Waals surface area contributed by atoms with Gasteiger partial charge in [-0.05, 0) is 44.0 Å². The van der Waals surface area contributed by atoms with Crippen LogP contribution in [0.2, 0.25) is 0 Å². The Kier molecular flexibility index (Phi) is 12.6. The van der Waals surface area contributed by atoms with Crippen molar-refractivity contribution in [2.24, 2.45) is 4.99 Å². The number of guanidine groups is 1. The Morgan fingerprint density at radius 2 is 1.72 bits per heavy atom. The van der Waals surface area contributed by atoms with Gasteiger partial charge in [-0.25, -0.2) is 4.99 Å². The molecule has 1 aromatic carbocycles. The lowest BCUT2D eigenvalue weighted by Crippen LogP contribution is -2.42. The van der Waals surface area contributed by atoms with E-state index in [0.717, 1.165) is 31.2 Å². The maximum absolute atomic E-state index is 12.1. The van der Waals surface area contributed by atoms with E-state index in [1.54, 1.807) is 12.1 Å². The molecule has 1 heterocycles. The van der Waals surface area contributed by atoms with Crippen LogP contribution in [0.4, 0.5) is 13.2 Å². The van der Waals surface area contributed by atoms with E-state index in [4.69, 9.17) is 0 Å². The van der Waals surface area contributed by atoms with Crippen LogP contribution in [-0.4, -0.2) is 56.4 Å². The van der Waals surface area contributed by atoms with Crippen molar-refractivity contribution in [2.45, 2.75) is 45.5 Å². The number of ether oxygens (including phenoxy) is 1. The average molecular weight is 528 g/mol. The monoisotopic (exact) mass is 528 g/mol. The topological polar surface area (TPSA) is 48.9 Å². The van der Waals surface area contributed by atoms with Crippen LogP contribution < -0.4 is 10.6 Å². The highest BCUT2D eigenvalue weighted by atomic mass is 127. The van der Waals surface area contributed by atoms with Crippen molar-refractivity contribution >= 4 is 29.9 Å². The molecule has 0 unspecified atom stereocenters. The Morgan fingerprint density at radius 3 is 2.34 bits per heavy atom. The van der Waals surface area contributed by atoms with Crippen LogP contribution in [0.25, 0.3) is 0 Å². The summed E-state index contributed by atoms with van der Waals surface area (Å²) in [6.07, 6.45) is -0.392. The Morgan fingerprint density at radius 1 is 1.07 bits per heavy atom. The van der Waals surface area contributed by atoms with Crippen LogP contribution in [0.15, 0.2) is 29.3 Å². The molecule has 0 aliphatic carbocycles. The summed E-state index contributed by atoms with van der Waals surface area (Å²) in [5, 5.41) is 6.60. The number of likely N-dealkylation sites (tertiary alicyclic amines) is 1. The molecule has 166 valence electrons. The lowest BCUT2D eigenvalue weighted by molar-refractivity contribution is -0.176. The quantitative estimate of drug-likeness (QED) is 0.290. The lowest BCUT2D eigenvalue weighted by atomic mass is 10.1. The molecule has 1 fully saturated rings. The Balaban J connectivity index is 0.00000420. The molecule has 0 radical (unpaired) electrons. The molecule has 5 nitrogen and oxygen atoms in total. The van der Waals surface area contributed by atoms with Gasteiger partial charge in [-0.3, -0.25) is 0 Å². The van der Waals surface area contributed by atoms with E-state index < -0.39 is 12.8 Å². The van der Waals surface area contributed by atoms with Crippen molar-refractivity contribution in [1.29, 1.82) is 0 Å². The van der Waals surface area contributed by atoms with Crippen molar-refractivity contribution in [1.82, 2.24) is 15.5 Å². The normalized spacial score (nSPS) is 15.7. The van der Waals surface area contributed by atoms with Crippen molar-refractivity contribution in [3.63, 3.8) is 0 Å². The van der Waals surface area contributed by atoms with Crippen molar-refractivity contribution < 1.29 is 17.9 Å². The first-order valence-corrected chi connectivity index (χ1v) is 9.93. The lowest BCUT2D eigenvalue weighted by Gasteiger charge is -2.26. The molecule has 1 aromatic rings. The maximum atomic E-state index is 12.1. The number of alkyl halides is 3. The van der Waals surface area contributed by atoms with Gasteiger partial charge in [0.05, 0.1) is 13.2 Å². The first-order chi connectivity index (χ1) is 13.5. The third-order valence-corrected chi connectivity index (χ3v) is 4.49. The van der Waals surface area contributed by atoms with Crippen LogP contribution in [0.5, 0.6) is 0 Å². The van der Waals surface area contributed by atoms with Gasteiger partial charge in [-0.1, -0.05) is 30.7 Å². The molecule has 1 saturated heterocycles. The molecule has 0 bridgehead atoms. The molecular formula is C20H32F3IN4O. The summed E-state index contributed by atoms with van der Waals surface area (Å²) in [5.41, 5.74) is 1.70. The first kappa shape index (κ1) is 26.0. The fourth-order valence-electron chi connectivity index (χ4n) is 3.05. The van der Waals surface area contributed by atoms with Gasteiger partial charge in [0, 0.05) is 19.6 Å². The molecule has 1 aliphatic heterocycles. The molecule has 2 N–H and O–H groups in total. The largest absolute Gasteiger partial charge is 0.411 e. The predicted octanol–water partition coefficient (Wildman–Crippen LogP) is 3.92. The highest BCUT2D eigenvalue weighted by Crippen LogP contribution is 2.16. The number of benzene rings is 1. The number of hydrogen-bond donors (Lipinski definition) is 2. The summed E-state index contributed by atoms with van der Waals surface area (Å²) >= 11 is 0. The van der Waals surface area contributed by atoms with Gasteiger partial charge in [0.2, 0.25) is 0 Å². The van der Waals surface area contributed by atoms with E-state index in [1.165, 1.54) is 32.4 Å². The SMILES string of the molecule is CCNC(=NCc1ccc(COCC(F)(F)F)cc1)NCCN1CCCCC1.I. The van der Waals surface area contributed by atoms with Crippen molar-refractivity contribution in [3.05, 3.63) is 35.4 Å². The van der Waals surface area contributed by atoms with E-state index >= 15 is 0 Å². The minimum atomic E-state index is -4.29. The molecule has 0 aromatic heterocycles. The van der Waals surface area contributed by atoms with Crippen LogP contribution in [-0.2, 0) is 17.9 Å². The van der Waals surface area contributed by atoms with Gasteiger partial charge in [-0.15, -0.1) is 24.0 Å². The van der Waals surface area contributed by atoms with Crippen LogP contribution >= 0.6 is 24.0 Å². The number of nitrogens with zero attached hydrogens (tertiary/aromatic N) is 2. The van der Waals surface area contributed by atoms with Gasteiger partial charge in [0.1, 0.15) is 6.61 Å². The maximum Gasteiger partial charge on any atom is 0.411 e. The summed E-state index contributed by atoms with van der Waals surface area (Å²) in [6, 6.07) is 7.29. The zero-order chi connectivity index (χ0) is 20.2. The van der Waals surface area contributed by atoms with Crippen molar-refractivity contribution in [2.75, 3.05) is 39.3 Å². The highest BCUT2D eigenvalue weighted by molar-refractivity contribution is 14.0. The molecular weight excluding hydrogens is 496 g/mol. The zero-order valence-electron chi connectivity index (χ0n) is 16.9. The molecule has 0 saturated carbocycles. The summed E-state index contributed by atoms with van der Waals surface area (Å²) in [6.45, 7) is 6.24. The number of nitrogens with one attached hydrogen (secondary N) is 2. The Labute approximate surface area is 188 Å². The summed E-state index contributed by atoms with van der Waals surface area (Å²) in [5.74, 6) is 0.775. The summed E-state index contributed by atoms with van der Waals surface area (Å²) in [4.78, 5) is 7.06. The molecule has 2 rings (SSSR count). The first-order valence-electron chi connectivity index (χ1n) is 9.93. The second-order valence-electron chi connectivity index (χ2n) is 6.95. The van der Waals surface area contributed by atoms with E-state index in [2.05, 4.69) is 25.3 Å². The Hall–Kier alpha value is -1.07. The number of halogens is 4. The average Bonchev–Trinajstić information content (AvgIpc) is 2.67.